The largest absolute Gasteiger partial charge is 0.481 e. The van der Waals surface area contributed by atoms with Crippen LogP contribution in [0, 0.1) is 0 Å². The Hall–Kier alpha value is -1.05. The predicted molar refractivity (Wildman–Crippen MR) is 70.8 cm³/mol. The molecule has 0 aliphatic carbocycles. The number of aromatic nitrogens is 2. The number of hydrogen-bond acceptors (Lipinski definition) is 5. The molecule has 1 aromatic heterocycles. The van der Waals surface area contributed by atoms with Crippen LogP contribution in [-0.2, 0) is 4.79 Å². The van der Waals surface area contributed by atoms with Crippen LogP contribution in [0.2, 0.25) is 5.02 Å². The predicted octanol–water partition coefficient (Wildman–Crippen LogP) is 3.33. The van der Waals surface area contributed by atoms with E-state index in [4.69, 9.17) is 21.1 Å². The maximum absolute atomic E-state index is 10.4. The van der Waals surface area contributed by atoms with Crippen molar-refractivity contribution in [2.45, 2.75) is 5.22 Å². The second kappa shape index (κ2) is 5.73. The Bertz CT molecular complexity index is 590. The first-order valence-corrected chi connectivity index (χ1v) is 6.85. The first-order valence-electron chi connectivity index (χ1n) is 4.70. The van der Waals surface area contributed by atoms with Crippen LogP contribution in [0.15, 0.2) is 32.3 Å². The fourth-order valence-corrected chi connectivity index (χ4v) is 2.40. The van der Waals surface area contributed by atoms with Gasteiger partial charge in [0.05, 0.1) is 10.6 Å². The Kier molecular flexibility index (Phi) is 4.26. The van der Waals surface area contributed by atoms with Crippen molar-refractivity contribution in [1.82, 2.24) is 10.2 Å². The van der Waals surface area contributed by atoms with Gasteiger partial charge in [0.25, 0.3) is 5.22 Å². The van der Waals surface area contributed by atoms with Crippen molar-refractivity contribution in [2.24, 2.45) is 0 Å². The third-order valence-electron chi connectivity index (χ3n) is 1.89. The van der Waals surface area contributed by atoms with Gasteiger partial charge in [-0.05, 0) is 18.2 Å². The summed E-state index contributed by atoms with van der Waals surface area (Å²) in [6.07, 6.45) is 0. The molecule has 0 bridgehead atoms. The lowest BCUT2D eigenvalue weighted by Crippen LogP contribution is -1.97. The van der Waals surface area contributed by atoms with E-state index in [1.54, 1.807) is 18.2 Å². The van der Waals surface area contributed by atoms with Gasteiger partial charge in [0.1, 0.15) is 5.75 Å². The molecule has 0 radical (unpaired) electrons. The van der Waals surface area contributed by atoms with Gasteiger partial charge in [-0.15, -0.1) is 10.2 Å². The molecule has 2 aromatic rings. The van der Waals surface area contributed by atoms with Gasteiger partial charge < -0.3 is 9.52 Å². The number of carbonyl (C=O) groups is 1. The molecule has 94 valence electrons. The number of halogens is 2. The van der Waals surface area contributed by atoms with Gasteiger partial charge in [-0.25, -0.2) is 0 Å². The summed E-state index contributed by atoms with van der Waals surface area (Å²) in [5.41, 5.74) is 0.606. The van der Waals surface area contributed by atoms with E-state index < -0.39 is 5.97 Å². The van der Waals surface area contributed by atoms with Crippen LogP contribution in [0.3, 0.4) is 0 Å². The Balaban J connectivity index is 2.21. The van der Waals surface area contributed by atoms with Crippen LogP contribution < -0.4 is 0 Å². The summed E-state index contributed by atoms with van der Waals surface area (Å²) < 4.78 is 6.16. The minimum atomic E-state index is -0.943. The molecule has 1 aromatic carbocycles. The highest BCUT2D eigenvalue weighted by atomic mass is 79.9. The molecule has 0 atom stereocenters. The molecule has 2 rings (SSSR count). The molecule has 0 aliphatic heterocycles. The second-order valence-corrected chi connectivity index (χ2v) is 5.43. The number of thioether (sulfide) groups is 1. The molecule has 0 saturated heterocycles. The molecule has 18 heavy (non-hydrogen) atoms. The smallest absolute Gasteiger partial charge is 0.314 e. The van der Waals surface area contributed by atoms with E-state index in [2.05, 4.69) is 26.1 Å². The van der Waals surface area contributed by atoms with Gasteiger partial charge in [0.2, 0.25) is 5.89 Å². The van der Waals surface area contributed by atoms with Crippen molar-refractivity contribution in [2.75, 3.05) is 5.75 Å². The highest BCUT2D eigenvalue weighted by molar-refractivity contribution is 9.10. The molecule has 0 unspecified atom stereocenters. The summed E-state index contributed by atoms with van der Waals surface area (Å²) in [5.74, 6) is -0.808. The topological polar surface area (TPSA) is 76.2 Å². The van der Waals surface area contributed by atoms with E-state index in [9.17, 15) is 4.79 Å². The summed E-state index contributed by atoms with van der Waals surface area (Å²) in [7, 11) is 0. The lowest BCUT2D eigenvalue weighted by molar-refractivity contribution is -0.133. The number of carboxylic acid groups (broad SMARTS) is 1. The van der Waals surface area contributed by atoms with Crippen molar-refractivity contribution < 1.29 is 14.3 Å². The first kappa shape index (κ1) is 13.4. The van der Waals surface area contributed by atoms with Crippen molar-refractivity contribution in [3.63, 3.8) is 0 Å². The molecule has 0 amide bonds. The van der Waals surface area contributed by atoms with Crippen LogP contribution in [-0.4, -0.2) is 27.0 Å². The Morgan fingerprint density at radius 1 is 1.50 bits per heavy atom. The van der Waals surface area contributed by atoms with Gasteiger partial charge >= 0.3 is 5.97 Å². The molecule has 8 heteroatoms. The van der Waals surface area contributed by atoms with Crippen LogP contribution >= 0.6 is 39.3 Å². The van der Waals surface area contributed by atoms with Gasteiger partial charge in [-0.1, -0.05) is 39.3 Å². The van der Waals surface area contributed by atoms with Crippen LogP contribution in [0.1, 0.15) is 0 Å². The van der Waals surface area contributed by atoms with E-state index in [1.807, 2.05) is 0 Å². The fourth-order valence-electron chi connectivity index (χ4n) is 1.16. The van der Waals surface area contributed by atoms with Gasteiger partial charge in [0.15, 0.2) is 0 Å². The SMILES string of the molecule is O=C(O)CSc1nnc(-c2ccc(Br)cc2Cl)o1. The third kappa shape index (κ3) is 3.24. The Morgan fingerprint density at radius 2 is 2.28 bits per heavy atom. The summed E-state index contributed by atoms with van der Waals surface area (Å²) >= 11 is 10.3. The molecular weight excluding hydrogens is 344 g/mol. The van der Waals surface area contributed by atoms with E-state index in [0.29, 0.717) is 10.6 Å². The molecule has 1 N–H and O–H groups in total. The maximum atomic E-state index is 10.4. The van der Waals surface area contributed by atoms with Crippen LogP contribution in [0.4, 0.5) is 0 Å². The van der Waals surface area contributed by atoms with E-state index in [1.165, 1.54) is 0 Å². The number of nitrogens with zero attached hydrogens (tertiary/aromatic N) is 2. The second-order valence-electron chi connectivity index (χ2n) is 3.18. The highest BCUT2D eigenvalue weighted by Crippen LogP contribution is 2.30. The molecule has 1 heterocycles. The van der Waals surface area contributed by atoms with E-state index in [0.717, 1.165) is 16.2 Å². The van der Waals surface area contributed by atoms with E-state index >= 15 is 0 Å². The molecule has 0 spiro atoms. The number of benzene rings is 1. The minimum absolute atomic E-state index is 0.129. The van der Waals surface area contributed by atoms with Crippen molar-refractivity contribution >= 4 is 45.3 Å². The lowest BCUT2D eigenvalue weighted by Gasteiger charge is -1.98. The zero-order valence-electron chi connectivity index (χ0n) is 8.76. The molecule has 0 fully saturated rings. The maximum Gasteiger partial charge on any atom is 0.314 e. The zero-order chi connectivity index (χ0) is 13.1. The average Bonchev–Trinajstić information content (AvgIpc) is 2.75. The van der Waals surface area contributed by atoms with Crippen LogP contribution in [0.5, 0.6) is 0 Å². The summed E-state index contributed by atoms with van der Waals surface area (Å²) in [4.78, 5) is 10.4. The Morgan fingerprint density at radius 3 is 2.94 bits per heavy atom. The standard InChI is InChI=1S/C10H6BrClN2O3S/c11-5-1-2-6(7(12)3-5)9-13-14-10(17-9)18-4-8(15)16/h1-3H,4H2,(H,15,16). The summed E-state index contributed by atoms with van der Waals surface area (Å²) in [6, 6.07) is 5.26. The zero-order valence-corrected chi connectivity index (χ0v) is 11.9. The first-order chi connectivity index (χ1) is 8.56. The monoisotopic (exact) mass is 348 g/mol. The number of aliphatic carboxylic acids is 1. The van der Waals surface area contributed by atoms with Gasteiger partial charge in [-0.3, -0.25) is 4.79 Å². The van der Waals surface area contributed by atoms with Crippen molar-refractivity contribution in [1.29, 1.82) is 0 Å². The fraction of sp³-hybridized carbons (Fsp3) is 0.100. The number of hydrogen-bond donors (Lipinski definition) is 1. The number of carboxylic acids is 1. The summed E-state index contributed by atoms with van der Waals surface area (Å²) in [5, 5.41) is 16.8. The highest BCUT2D eigenvalue weighted by Gasteiger charge is 2.13. The molecule has 0 aliphatic rings. The number of rotatable bonds is 4. The van der Waals surface area contributed by atoms with Crippen molar-refractivity contribution in [3.8, 4) is 11.5 Å². The third-order valence-corrected chi connectivity index (χ3v) is 3.50. The van der Waals surface area contributed by atoms with Gasteiger partial charge in [-0.2, -0.15) is 0 Å². The average molecular weight is 350 g/mol. The normalized spacial score (nSPS) is 10.6. The quantitative estimate of drug-likeness (QED) is 0.853. The van der Waals surface area contributed by atoms with Crippen molar-refractivity contribution in [3.05, 3.63) is 27.7 Å². The summed E-state index contributed by atoms with van der Waals surface area (Å²) in [6.45, 7) is 0. The van der Waals surface area contributed by atoms with Crippen LogP contribution in [0.25, 0.3) is 11.5 Å². The molecule has 5 nitrogen and oxygen atoms in total. The Labute approximate surface area is 120 Å². The lowest BCUT2D eigenvalue weighted by atomic mass is 10.2. The van der Waals surface area contributed by atoms with E-state index in [-0.39, 0.29) is 16.9 Å². The molecule has 0 saturated carbocycles. The minimum Gasteiger partial charge on any atom is -0.481 e. The van der Waals surface area contributed by atoms with Gasteiger partial charge in [0, 0.05) is 4.47 Å². The molecular formula is C10H6BrClN2O3S.